The zero-order chi connectivity index (χ0) is 15.5. The lowest BCUT2D eigenvalue weighted by Crippen LogP contribution is -2.46. The van der Waals surface area contributed by atoms with Gasteiger partial charge >= 0.3 is 5.97 Å². The Morgan fingerprint density at radius 1 is 1.38 bits per heavy atom. The Morgan fingerprint density at radius 3 is 2.71 bits per heavy atom. The number of rotatable bonds is 3. The molecule has 1 atom stereocenters. The van der Waals surface area contributed by atoms with Gasteiger partial charge in [-0.05, 0) is 57.0 Å². The molecule has 0 bridgehead atoms. The fourth-order valence-corrected chi connectivity index (χ4v) is 2.57. The molecule has 1 aliphatic rings. The molecule has 5 nitrogen and oxygen atoms in total. The molecule has 1 aromatic rings. The van der Waals surface area contributed by atoms with E-state index in [9.17, 15) is 9.59 Å². The summed E-state index contributed by atoms with van der Waals surface area (Å²) < 4.78 is 4.69. The van der Waals surface area contributed by atoms with Crippen molar-refractivity contribution in [1.82, 2.24) is 5.32 Å². The number of ether oxygens (including phenoxy) is 1. The second-order valence-electron chi connectivity index (χ2n) is 5.82. The first kappa shape index (κ1) is 15.5. The quantitative estimate of drug-likeness (QED) is 0.837. The number of methoxy groups -OCH3 is 1. The number of carbonyl (C=O) groups is 2. The number of piperidine rings is 1. The molecule has 1 amide bonds. The Labute approximate surface area is 125 Å². The van der Waals surface area contributed by atoms with Crippen LogP contribution in [0, 0.1) is 12.3 Å². The Balaban J connectivity index is 2.12. The minimum Gasteiger partial charge on any atom is -0.465 e. The van der Waals surface area contributed by atoms with E-state index in [0.717, 1.165) is 30.6 Å². The van der Waals surface area contributed by atoms with Crippen LogP contribution in [0.5, 0.6) is 0 Å². The second-order valence-corrected chi connectivity index (χ2v) is 5.82. The molecule has 0 saturated carbocycles. The molecular formula is C16H22N2O3. The van der Waals surface area contributed by atoms with Gasteiger partial charge in [-0.1, -0.05) is 0 Å². The summed E-state index contributed by atoms with van der Waals surface area (Å²) in [5.74, 6) is -0.358. The third-order valence-corrected chi connectivity index (χ3v) is 4.04. The van der Waals surface area contributed by atoms with Crippen molar-refractivity contribution in [2.75, 3.05) is 25.5 Å². The molecule has 1 saturated heterocycles. The fourth-order valence-electron chi connectivity index (χ4n) is 2.57. The molecule has 114 valence electrons. The normalized spacial score (nSPS) is 21.7. The van der Waals surface area contributed by atoms with Crippen LogP contribution in [0.1, 0.15) is 35.7 Å². The summed E-state index contributed by atoms with van der Waals surface area (Å²) in [7, 11) is 1.35. The number of hydrogen-bond acceptors (Lipinski definition) is 4. The Kier molecular flexibility index (Phi) is 4.63. The van der Waals surface area contributed by atoms with Crippen molar-refractivity contribution in [2.24, 2.45) is 5.41 Å². The van der Waals surface area contributed by atoms with Gasteiger partial charge in [0.05, 0.1) is 18.1 Å². The van der Waals surface area contributed by atoms with Crippen molar-refractivity contribution >= 4 is 17.6 Å². The zero-order valence-electron chi connectivity index (χ0n) is 12.8. The van der Waals surface area contributed by atoms with Crippen LogP contribution in [0.15, 0.2) is 18.2 Å². The van der Waals surface area contributed by atoms with E-state index < -0.39 is 0 Å². The van der Waals surface area contributed by atoms with Crippen LogP contribution in [0.2, 0.25) is 0 Å². The van der Waals surface area contributed by atoms with E-state index in [4.69, 9.17) is 0 Å². The van der Waals surface area contributed by atoms with E-state index in [1.807, 2.05) is 13.8 Å². The lowest BCUT2D eigenvalue weighted by molar-refractivity contribution is -0.125. The summed E-state index contributed by atoms with van der Waals surface area (Å²) in [5, 5.41) is 6.24. The third-order valence-electron chi connectivity index (χ3n) is 4.04. The van der Waals surface area contributed by atoms with Gasteiger partial charge < -0.3 is 15.4 Å². The summed E-state index contributed by atoms with van der Waals surface area (Å²) in [4.78, 5) is 24.0. The van der Waals surface area contributed by atoms with Crippen molar-refractivity contribution < 1.29 is 14.3 Å². The van der Waals surface area contributed by atoms with E-state index in [2.05, 4.69) is 15.4 Å². The average Bonchev–Trinajstić information content (AvgIpc) is 2.49. The highest BCUT2D eigenvalue weighted by Gasteiger charge is 2.34. The van der Waals surface area contributed by atoms with Crippen molar-refractivity contribution in [2.45, 2.75) is 26.7 Å². The van der Waals surface area contributed by atoms with E-state index >= 15 is 0 Å². The Hall–Kier alpha value is -1.88. The lowest BCUT2D eigenvalue weighted by atomic mass is 9.82. The van der Waals surface area contributed by atoms with Crippen LogP contribution in [-0.4, -0.2) is 32.1 Å². The van der Waals surface area contributed by atoms with Gasteiger partial charge in [0.25, 0.3) is 0 Å². The molecule has 0 aromatic heterocycles. The molecule has 2 rings (SSSR count). The summed E-state index contributed by atoms with van der Waals surface area (Å²) in [5.41, 5.74) is 1.68. The highest BCUT2D eigenvalue weighted by molar-refractivity contribution is 5.97. The molecular weight excluding hydrogens is 268 g/mol. The van der Waals surface area contributed by atoms with Crippen LogP contribution in [0.25, 0.3) is 0 Å². The Morgan fingerprint density at radius 2 is 2.14 bits per heavy atom. The standard InChI is InChI=1S/C16H22N2O3/c1-11-9-12(14(19)21-3)5-6-13(11)18-15(20)16(2)7-4-8-17-10-16/h5-6,9,17H,4,7-8,10H2,1-3H3,(H,18,20). The van der Waals surface area contributed by atoms with Gasteiger partial charge in [0.2, 0.25) is 5.91 Å². The number of nitrogens with one attached hydrogen (secondary N) is 2. The van der Waals surface area contributed by atoms with Crippen molar-refractivity contribution in [3.05, 3.63) is 29.3 Å². The van der Waals surface area contributed by atoms with Gasteiger partial charge in [0.1, 0.15) is 0 Å². The van der Waals surface area contributed by atoms with Crippen LogP contribution < -0.4 is 10.6 Å². The highest BCUT2D eigenvalue weighted by atomic mass is 16.5. The second kappa shape index (κ2) is 6.26. The predicted molar refractivity (Wildman–Crippen MR) is 81.4 cm³/mol. The predicted octanol–water partition coefficient (Wildman–Crippen LogP) is 2.11. The van der Waals surface area contributed by atoms with E-state index in [1.165, 1.54) is 7.11 Å². The number of carbonyl (C=O) groups excluding carboxylic acids is 2. The molecule has 21 heavy (non-hydrogen) atoms. The number of amides is 1. The van der Waals surface area contributed by atoms with Gasteiger partial charge in [-0.25, -0.2) is 4.79 Å². The summed E-state index contributed by atoms with van der Waals surface area (Å²) >= 11 is 0. The molecule has 0 aliphatic carbocycles. The largest absolute Gasteiger partial charge is 0.465 e. The SMILES string of the molecule is COC(=O)c1ccc(NC(=O)C2(C)CCCNC2)c(C)c1. The third kappa shape index (κ3) is 3.42. The molecule has 1 aromatic carbocycles. The van der Waals surface area contributed by atoms with Gasteiger partial charge in [0, 0.05) is 12.2 Å². The minimum absolute atomic E-state index is 0.0172. The molecule has 1 fully saturated rings. The van der Waals surface area contributed by atoms with Gasteiger partial charge in [-0.15, -0.1) is 0 Å². The zero-order valence-corrected chi connectivity index (χ0v) is 12.8. The van der Waals surface area contributed by atoms with Crippen molar-refractivity contribution in [3.8, 4) is 0 Å². The van der Waals surface area contributed by atoms with E-state index in [-0.39, 0.29) is 17.3 Å². The molecule has 1 aliphatic heterocycles. The maximum atomic E-state index is 12.5. The monoisotopic (exact) mass is 290 g/mol. The maximum Gasteiger partial charge on any atom is 0.337 e. The van der Waals surface area contributed by atoms with Crippen molar-refractivity contribution in [3.63, 3.8) is 0 Å². The first-order chi connectivity index (χ1) is 9.96. The summed E-state index contributed by atoms with van der Waals surface area (Å²) in [6.45, 7) is 5.50. The van der Waals surface area contributed by atoms with Crippen LogP contribution in [0.4, 0.5) is 5.69 Å². The molecule has 0 spiro atoms. The van der Waals surface area contributed by atoms with E-state index in [0.29, 0.717) is 12.1 Å². The molecule has 5 heteroatoms. The topological polar surface area (TPSA) is 67.4 Å². The molecule has 0 radical (unpaired) electrons. The van der Waals surface area contributed by atoms with Crippen LogP contribution in [0.3, 0.4) is 0 Å². The first-order valence-electron chi connectivity index (χ1n) is 7.17. The maximum absolute atomic E-state index is 12.5. The van der Waals surface area contributed by atoms with Crippen LogP contribution >= 0.6 is 0 Å². The van der Waals surface area contributed by atoms with Gasteiger partial charge in [-0.3, -0.25) is 4.79 Å². The Bertz CT molecular complexity index is 548. The first-order valence-corrected chi connectivity index (χ1v) is 7.17. The molecule has 2 N–H and O–H groups in total. The highest BCUT2D eigenvalue weighted by Crippen LogP contribution is 2.28. The van der Waals surface area contributed by atoms with Gasteiger partial charge in [0.15, 0.2) is 0 Å². The number of benzene rings is 1. The number of aryl methyl sites for hydroxylation is 1. The summed E-state index contributed by atoms with van der Waals surface area (Å²) in [6.07, 6.45) is 1.88. The van der Waals surface area contributed by atoms with Crippen molar-refractivity contribution in [1.29, 1.82) is 0 Å². The smallest absolute Gasteiger partial charge is 0.337 e. The van der Waals surface area contributed by atoms with Crippen LogP contribution in [-0.2, 0) is 9.53 Å². The minimum atomic E-state index is -0.383. The molecule has 1 heterocycles. The summed E-state index contributed by atoms with van der Waals surface area (Å²) in [6, 6.07) is 5.14. The lowest BCUT2D eigenvalue weighted by Gasteiger charge is -2.32. The van der Waals surface area contributed by atoms with E-state index in [1.54, 1.807) is 18.2 Å². The fraction of sp³-hybridized carbons (Fsp3) is 0.500. The van der Waals surface area contributed by atoms with Gasteiger partial charge in [-0.2, -0.15) is 0 Å². The molecule has 1 unspecified atom stereocenters. The number of hydrogen-bond donors (Lipinski definition) is 2. The number of esters is 1. The average molecular weight is 290 g/mol. The number of anilines is 1.